The summed E-state index contributed by atoms with van der Waals surface area (Å²) < 4.78 is 36.4. The maximum absolute atomic E-state index is 12.0. The van der Waals surface area contributed by atoms with Gasteiger partial charge in [-0.25, -0.2) is 18.2 Å². The molecule has 2 aromatic rings. The van der Waals surface area contributed by atoms with Crippen LogP contribution in [0.1, 0.15) is 6.42 Å². The minimum Gasteiger partial charge on any atom is -0.442 e. The second-order valence-corrected chi connectivity index (χ2v) is 5.87. The number of hydrogen-bond acceptors (Lipinski definition) is 6. The van der Waals surface area contributed by atoms with Gasteiger partial charge in [0, 0.05) is 26.3 Å². The van der Waals surface area contributed by atoms with E-state index in [4.69, 9.17) is 9.15 Å². The number of furan rings is 1. The fraction of sp³-hybridized carbons (Fsp3) is 0.333. The number of rotatable bonds is 7. The monoisotopic (exact) mass is 313 g/mol. The topological polar surface area (TPSA) is 114 Å². The lowest BCUT2D eigenvalue weighted by molar-refractivity contribution is 0.196. The number of H-pyrrole nitrogens is 1. The molecule has 0 aliphatic heterocycles. The first-order valence-corrected chi connectivity index (χ1v) is 7.66. The number of ether oxygens (including phenoxy) is 1. The highest BCUT2D eigenvalue weighted by molar-refractivity contribution is 7.89. The Kier molecular flexibility index (Phi) is 4.89. The molecule has 0 saturated carbocycles. The molecule has 0 spiro atoms. The summed E-state index contributed by atoms with van der Waals surface area (Å²) in [7, 11) is -2.16. The molecule has 0 unspecified atom stereocenters. The number of nitrogens with zero attached hydrogens (tertiary/aromatic N) is 1. The highest BCUT2D eigenvalue weighted by atomic mass is 32.2. The van der Waals surface area contributed by atoms with Crippen LogP contribution in [0.3, 0.4) is 0 Å². The first kappa shape index (κ1) is 15.4. The van der Waals surface area contributed by atoms with Crippen molar-refractivity contribution in [1.29, 1.82) is 0 Å². The highest BCUT2D eigenvalue weighted by Gasteiger charge is 2.19. The molecule has 0 bridgehead atoms. The fourth-order valence-corrected chi connectivity index (χ4v) is 2.58. The van der Waals surface area contributed by atoms with Crippen molar-refractivity contribution < 1.29 is 17.6 Å². The molecule has 21 heavy (non-hydrogen) atoms. The average Bonchev–Trinajstić information content (AvgIpc) is 2.95. The van der Waals surface area contributed by atoms with Gasteiger partial charge in [0.1, 0.15) is 5.69 Å². The van der Waals surface area contributed by atoms with E-state index < -0.39 is 10.0 Å². The molecule has 114 valence electrons. The van der Waals surface area contributed by atoms with Gasteiger partial charge in [-0.15, -0.1) is 0 Å². The zero-order chi connectivity index (χ0) is 15.3. The molecule has 0 atom stereocenters. The predicted octanol–water partition coefficient (Wildman–Crippen LogP) is 0.345. The van der Waals surface area contributed by atoms with Crippen molar-refractivity contribution >= 4 is 10.0 Å². The maximum atomic E-state index is 12.0. The third-order valence-corrected chi connectivity index (χ3v) is 3.93. The van der Waals surface area contributed by atoms with Gasteiger partial charge in [-0.05, 0) is 24.6 Å². The van der Waals surface area contributed by atoms with E-state index in [1.165, 1.54) is 24.3 Å². The molecule has 2 N–H and O–H groups in total. The number of methoxy groups -OCH3 is 1. The minimum absolute atomic E-state index is 0.206. The largest absolute Gasteiger partial charge is 0.442 e. The van der Waals surface area contributed by atoms with Gasteiger partial charge in [0.2, 0.25) is 5.09 Å². The molecule has 9 heteroatoms. The van der Waals surface area contributed by atoms with Crippen molar-refractivity contribution in [3.63, 3.8) is 0 Å². The standard InChI is InChI=1S/C12H15N3O5S/c1-19-8-2-7-13-21(17,18)12-6-4-10(20-12)9-3-5-11(16)15-14-9/h3-6,13H,2,7-8H2,1H3,(H,15,16). The third kappa shape index (κ3) is 4.00. The summed E-state index contributed by atoms with van der Waals surface area (Å²) in [5.41, 5.74) is -0.00612. The van der Waals surface area contributed by atoms with Crippen LogP contribution in [-0.2, 0) is 14.8 Å². The van der Waals surface area contributed by atoms with Crippen LogP contribution in [0.2, 0.25) is 0 Å². The second kappa shape index (κ2) is 6.66. The smallest absolute Gasteiger partial charge is 0.273 e. The van der Waals surface area contributed by atoms with Gasteiger partial charge in [-0.2, -0.15) is 5.10 Å². The molecular weight excluding hydrogens is 298 g/mol. The molecule has 0 aliphatic carbocycles. The van der Waals surface area contributed by atoms with Crippen LogP contribution < -0.4 is 10.3 Å². The van der Waals surface area contributed by atoms with E-state index in [9.17, 15) is 13.2 Å². The predicted molar refractivity (Wildman–Crippen MR) is 74.2 cm³/mol. The van der Waals surface area contributed by atoms with E-state index in [0.717, 1.165) is 0 Å². The SMILES string of the molecule is COCCCNS(=O)(=O)c1ccc(-c2ccc(=O)[nH]n2)o1. The summed E-state index contributed by atoms with van der Waals surface area (Å²) >= 11 is 0. The van der Waals surface area contributed by atoms with Crippen LogP contribution in [-0.4, -0.2) is 38.9 Å². The molecule has 0 aliphatic rings. The van der Waals surface area contributed by atoms with Crippen LogP contribution in [0.15, 0.2) is 38.6 Å². The summed E-state index contributed by atoms with van der Waals surface area (Å²) in [6.07, 6.45) is 0.560. The Morgan fingerprint density at radius 1 is 1.33 bits per heavy atom. The molecule has 0 fully saturated rings. The highest BCUT2D eigenvalue weighted by Crippen LogP contribution is 2.21. The number of aromatic nitrogens is 2. The fourth-order valence-electron chi connectivity index (χ4n) is 1.58. The van der Waals surface area contributed by atoms with Gasteiger partial charge < -0.3 is 9.15 Å². The molecule has 2 rings (SSSR count). The molecule has 0 amide bonds. The van der Waals surface area contributed by atoms with Gasteiger partial charge >= 0.3 is 0 Å². The molecule has 2 aromatic heterocycles. The molecule has 0 radical (unpaired) electrons. The van der Waals surface area contributed by atoms with Crippen LogP contribution >= 0.6 is 0 Å². The Bertz CT molecular complexity index is 730. The van der Waals surface area contributed by atoms with Gasteiger partial charge in [-0.1, -0.05) is 0 Å². The average molecular weight is 313 g/mol. The summed E-state index contributed by atoms with van der Waals surface area (Å²) in [5, 5.41) is 5.81. The van der Waals surface area contributed by atoms with Crippen LogP contribution in [0.4, 0.5) is 0 Å². The lowest BCUT2D eigenvalue weighted by Gasteiger charge is -2.03. The Morgan fingerprint density at radius 2 is 2.14 bits per heavy atom. The van der Waals surface area contributed by atoms with E-state index in [1.807, 2.05) is 0 Å². The first-order chi connectivity index (χ1) is 10.0. The van der Waals surface area contributed by atoms with Crippen LogP contribution in [0, 0.1) is 0 Å². The minimum atomic E-state index is -3.71. The molecule has 8 nitrogen and oxygen atoms in total. The van der Waals surface area contributed by atoms with E-state index in [0.29, 0.717) is 18.7 Å². The summed E-state index contributed by atoms with van der Waals surface area (Å²) in [6, 6.07) is 5.53. The molecular formula is C12H15N3O5S. The van der Waals surface area contributed by atoms with Gasteiger partial charge in [-0.3, -0.25) is 4.79 Å². The van der Waals surface area contributed by atoms with Crippen LogP contribution in [0.5, 0.6) is 0 Å². The van der Waals surface area contributed by atoms with E-state index in [-0.39, 0.29) is 23.0 Å². The molecule has 2 heterocycles. The third-order valence-electron chi connectivity index (χ3n) is 2.60. The Hall–Kier alpha value is -1.97. The van der Waals surface area contributed by atoms with Crippen molar-refractivity contribution in [3.05, 3.63) is 34.6 Å². The number of hydrogen-bond donors (Lipinski definition) is 2. The lowest BCUT2D eigenvalue weighted by atomic mass is 10.3. The summed E-state index contributed by atoms with van der Waals surface area (Å²) in [4.78, 5) is 10.9. The van der Waals surface area contributed by atoms with Crippen LogP contribution in [0.25, 0.3) is 11.5 Å². The Balaban J connectivity index is 2.11. The van der Waals surface area contributed by atoms with Crippen molar-refractivity contribution in [1.82, 2.24) is 14.9 Å². The number of aromatic amines is 1. The van der Waals surface area contributed by atoms with Gasteiger partial charge in [0.25, 0.3) is 15.6 Å². The normalized spacial score (nSPS) is 11.7. The molecule has 0 aromatic carbocycles. The van der Waals surface area contributed by atoms with Gasteiger partial charge in [0.05, 0.1) is 0 Å². The van der Waals surface area contributed by atoms with E-state index in [1.54, 1.807) is 7.11 Å². The Morgan fingerprint density at radius 3 is 2.81 bits per heavy atom. The number of nitrogens with one attached hydrogen (secondary N) is 2. The maximum Gasteiger partial charge on any atom is 0.273 e. The second-order valence-electron chi connectivity index (χ2n) is 4.17. The zero-order valence-corrected chi connectivity index (χ0v) is 12.1. The van der Waals surface area contributed by atoms with Gasteiger partial charge in [0.15, 0.2) is 5.76 Å². The summed E-state index contributed by atoms with van der Waals surface area (Å²) in [5.74, 6) is 0.253. The molecule has 0 saturated heterocycles. The Labute approximate surface area is 121 Å². The van der Waals surface area contributed by atoms with Crippen molar-refractivity contribution in [3.8, 4) is 11.5 Å². The van der Waals surface area contributed by atoms with E-state index >= 15 is 0 Å². The number of sulfonamides is 1. The summed E-state index contributed by atoms with van der Waals surface area (Å²) in [6.45, 7) is 0.719. The first-order valence-electron chi connectivity index (χ1n) is 6.17. The zero-order valence-electron chi connectivity index (χ0n) is 11.3. The van der Waals surface area contributed by atoms with Crippen molar-refractivity contribution in [2.75, 3.05) is 20.3 Å². The quantitative estimate of drug-likeness (QED) is 0.713. The lowest BCUT2D eigenvalue weighted by Crippen LogP contribution is -2.25. The van der Waals surface area contributed by atoms with Crippen molar-refractivity contribution in [2.45, 2.75) is 11.5 Å². The van der Waals surface area contributed by atoms with Crippen molar-refractivity contribution in [2.24, 2.45) is 0 Å². The van der Waals surface area contributed by atoms with E-state index in [2.05, 4.69) is 14.9 Å².